The molecule has 148 valence electrons. The van der Waals surface area contributed by atoms with Gasteiger partial charge in [0, 0.05) is 35.8 Å². The van der Waals surface area contributed by atoms with Gasteiger partial charge >= 0.3 is 11.9 Å². The van der Waals surface area contributed by atoms with Crippen molar-refractivity contribution in [1.82, 2.24) is 9.88 Å². The number of hydrogen-bond donors (Lipinski definition) is 2. The van der Waals surface area contributed by atoms with Crippen LogP contribution in [0.2, 0.25) is 0 Å². The fraction of sp³-hybridized carbons (Fsp3) is 0.250. The van der Waals surface area contributed by atoms with E-state index in [-0.39, 0.29) is 0 Å². The van der Waals surface area contributed by atoms with Crippen molar-refractivity contribution in [2.24, 2.45) is 0 Å². The van der Waals surface area contributed by atoms with Gasteiger partial charge in [-0.05, 0) is 45.3 Å². The third-order valence-electron chi connectivity index (χ3n) is 4.08. The zero-order chi connectivity index (χ0) is 20.7. The molecule has 7 nitrogen and oxygen atoms in total. The predicted molar refractivity (Wildman–Crippen MR) is 109 cm³/mol. The molecule has 0 saturated carbocycles. The lowest BCUT2D eigenvalue weighted by Gasteiger charge is -2.34. The summed E-state index contributed by atoms with van der Waals surface area (Å²) >= 11 is 1.80. The highest BCUT2D eigenvalue weighted by molar-refractivity contribution is 7.99. The molecular weight excluding hydrogens is 378 g/mol. The Labute approximate surface area is 168 Å². The first-order valence-electron chi connectivity index (χ1n) is 8.59. The Balaban J connectivity index is 0.000000300. The Morgan fingerprint density at radius 3 is 2.32 bits per heavy atom. The molecule has 2 heterocycles. The molecule has 0 spiro atoms. The zero-order valence-corrected chi connectivity index (χ0v) is 16.8. The van der Waals surface area contributed by atoms with E-state index in [1.54, 1.807) is 11.8 Å². The normalized spacial score (nSPS) is 13.4. The van der Waals surface area contributed by atoms with Gasteiger partial charge in [0.1, 0.15) is 5.82 Å². The summed E-state index contributed by atoms with van der Waals surface area (Å²) in [6.45, 7) is 3.18. The highest BCUT2D eigenvalue weighted by Gasteiger charge is 2.25. The number of rotatable bonds is 5. The highest BCUT2D eigenvalue weighted by atomic mass is 32.2. The molecule has 3 rings (SSSR count). The quantitative estimate of drug-likeness (QED) is 0.737. The Kier molecular flexibility index (Phi) is 7.60. The number of nitrogens with zero attached hydrogens (tertiary/aromatic N) is 3. The Hall–Kier alpha value is -2.84. The van der Waals surface area contributed by atoms with E-state index in [2.05, 4.69) is 66.1 Å². The van der Waals surface area contributed by atoms with Gasteiger partial charge in [0.2, 0.25) is 0 Å². The number of carbonyl (C=O) groups is 2. The van der Waals surface area contributed by atoms with Crippen LogP contribution in [0.15, 0.2) is 64.5 Å². The molecule has 1 aromatic carbocycles. The van der Waals surface area contributed by atoms with E-state index in [1.807, 2.05) is 12.3 Å². The third-order valence-corrected chi connectivity index (χ3v) is 5.18. The van der Waals surface area contributed by atoms with Crippen LogP contribution in [-0.2, 0) is 9.59 Å². The number of fused-ring (bicyclic) bond motifs is 2. The van der Waals surface area contributed by atoms with E-state index in [0.29, 0.717) is 18.2 Å². The zero-order valence-electron chi connectivity index (χ0n) is 15.9. The van der Waals surface area contributed by atoms with Crippen LogP contribution in [0, 0.1) is 0 Å². The molecule has 0 radical (unpaired) electrons. The molecule has 0 bridgehead atoms. The largest absolute Gasteiger partial charge is 0.478 e. The maximum Gasteiger partial charge on any atom is 0.328 e. The maximum atomic E-state index is 9.55. The van der Waals surface area contributed by atoms with Crippen molar-refractivity contribution in [1.29, 1.82) is 0 Å². The maximum absolute atomic E-state index is 9.55. The highest BCUT2D eigenvalue weighted by Crippen LogP contribution is 2.46. The van der Waals surface area contributed by atoms with E-state index >= 15 is 0 Å². The van der Waals surface area contributed by atoms with Gasteiger partial charge < -0.3 is 20.0 Å². The van der Waals surface area contributed by atoms with E-state index in [1.165, 1.54) is 15.5 Å². The molecule has 1 aliphatic heterocycles. The van der Waals surface area contributed by atoms with Gasteiger partial charge in [-0.15, -0.1) is 0 Å². The molecular formula is C20H23N3O4S. The van der Waals surface area contributed by atoms with Crippen LogP contribution in [0.1, 0.15) is 6.92 Å². The van der Waals surface area contributed by atoms with Crippen LogP contribution in [0.5, 0.6) is 0 Å². The van der Waals surface area contributed by atoms with Crippen molar-refractivity contribution in [2.45, 2.75) is 22.8 Å². The smallest absolute Gasteiger partial charge is 0.328 e. The van der Waals surface area contributed by atoms with Crippen molar-refractivity contribution in [2.75, 3.05) is 25.5 Å². The summed E-state index contributed by atoms with van der Waals surface area (Å²) < 4.78 is 0. The second-order valence-electron chi connectivity index (χ2n) is 6.33. The molecule has 2 aromatic rings. The van der Waals surface area contributed by atoms with E-state index < -0.39 is 11.9 Å². The van der Waals surface area contributed by atoms with Crippen LogP contribution >= 0.6 is 11.8 Å². The number of aliphatic carboxylic acids is 2. The number of para-hydroxylation sites is 1. The summed E-state index contributed by atoms with van der Waals surface area (Å²) in [5.74, 6) is -1.44. The van der Waals surface area contributed by atoms with E-state index in [0.717, 1.165) is 12.4 Å². The number of benzene rings is 1. The van der Waals surface area contributed by atoms with Gasteiger partial charge in [0.05, 0.1) is 10.6 Å². The summed E-state index contributed by atoms with van der Waals surface area (Å²) in [7, 11) is 4.24. The molecule has 0 saturated heterocycles. The summed E-state index contributed by atoms with van der Waals surface area (Å²) in [5, 5.41) is 15.6. The van der Waals surface area contributed by atoms with Gasteiger partial charge in [-0.25, -0.2) is 14.6 Å². The lowest BCUT2D eigenvalue weighted by atomic mass is 10.2. The first-order chi connectivity index (χ1) is 13.3. The molecule has 0 fully saturated rings. The van der Waals surface area contributed by atoms with Gasteiger partial charge in [-0.1, -0.05) is 23.9 Å². The number of hydrogen-bond acceptors (Lipinski definition) is 6. The summed E-state index contributed by atoms with van der Waals surface area (Å²) in [6.07, 6.45) is 2.99. The lowest BCUT2D eigenvalue weighted by molar-refractivity contribution is -0.134. The number of pyridine rings is 1. The molecule has 28 heavy (non-hydrogen) atoms. The molecule has 1 aliphatic rings. The molecule has 0 aliphatic carbocycles. The second-order valence-corrected chi connectivity index (χ2v) is 7.41. The summed E-state index contributed by atoms with van der Waals surface area (Å²) in [4.78, 5) is 30.8. The molecule has 1 aromatic heterocycles. The molecule has 1 atom stereocenters. The van der Waals surface area contributed by atoms with Gasteiger partial charge in [-0.3, -0.25) is 0 Å². The molecule has 8 heteroatoms. The fourth-order valence-corrected chi connectivity index (χ4v) is 3.49. The summed E-state index contributed by atoms with van der Waals surface area (Å²) in [6, 6.07) is 13.2. The Morgan fingerprint density at radius 2 is 1.71 bits per heavy atom. The Morgan fingerprint density at radius 1 is 1.11 bits per heavy atom. The Bertz CT molecular complexity index is 809. The average Bonchev–Trinajstić information content (AvgIpc) is 2.66. The SMILES string of the molecule is CC(CN1c2ccccc2Sc2cccnc21)N(C)C.O=C(O)/C=C\C(=O)O. The van der Waals surface area contributed by atoms with Crippen LogP contribution in [0.3, 0.4) is 0 Å². The van der Waals surface area contributed by atoms with E-state index in [4.69, 9.17) is 10.2 Å². The summed E-state index contributed by atoms with van der Waals surface area (Å²) in [5.41, 5.74) is 1.26. The fourth-order valence-electron chi connectivity index (χ4n) is 2.42. The molecule has 1 unspecified atom stereocenters. The monoisotopic (exact) mass is 401 g/mol. The third kappa shape index (κ3) is 5.83. The second kappa shape index (κ2) is 9.91. The average molecular weight is 401 g/mol. The molecule has 2 N–H and O–H groups in total. The van der Waals surface area contributed by atoms with Crippen molar-refractivity contribution in [3.63, 3.8) is 0 Å². The molecule has 0 amide bonds. The van der Waals surface area contributed by atoms with Crippen LogP contribution in [0.25, 0.3) is 0 Å². The number of aromatic nitrogens is 1. The van der Waals surface area contributed by atoms with Crippen LogP contribution in [-0.4, -0.2) is 58.7 Å². The van der Waals surface area contributed by atoms with Crippen molar-refractivity contribution < 1.29 is 19.8 Å². The van der Waals surface area contributed by atoms with Gasteiger partial charge in [-0.2, -0.15) is 0 Å². The van der Waals surface area contributed by atoms with Crippen molar-refractivity contribution in [3.8, 4) is 0 Å². The number of anilines is 2. The number of likely N-dealkylation sites (N-methyl/N-ethyl adjacent to an activating group) is 1. The predicted octanol–water partition coefficient (Wildman–Crippen LogP) is 3.35. The van der Waals surface area contributed by atoms with Gasteiger partial charge in [0.15, 0.2) is 0 Å². The minimum Gasteiger partial charge on any atom is -0.478 e. The first-order valence-corrected chi connectivity index (χ1v) is 9.41. The lowest BCUT2D eigenvalue weighted by Crippen LogP contribution is -2.37. The van der Waals surface area contributed by atoms with Crippen molar-refractivity contribution in [3.05, 3.63) is 54.7 Å². The first kappa shape index (κ1) is 21.5. The standard InChI is InChI=1S/C16H19N3S.C4H4O4/c1-12(18(2)3)11-19-13-7-4-5-8-14(13)20-15-9-6-10-17-16(15)19;5-3(6)1-2-4(7)8/h4-10,12H,11H2,1-3H3;1-2H,(H,5,6)(H,7,8)/b;2-1-. The minimum atomic E-state index is -1.26. The van der Waals surface area contributed by atoms with E-state index in [9.17, 15) is 9.59 Å². The van der Waals surface area contributed by atoms with Crippen LogP contribution < -0.4 is 4.90 Å². The number of carboxylic acids is 2. The van der Waals surface area contributed by atoms with Crippen LogP contribution in [0.4, 0.5) is 11.5 Å². The minimum absolute atomic E-state index is 0.459. The van der Waals surface area contributed by atoms with Crippen molar-refractivity contribution >= 4 is 35.2 Å². The van der Waals surface area contributed by atoms with Gasteiger partial charge in [0.25, 0.3) is 0 Å². The number of carboxylic acid groups (broad SMARTS) is 2. The topological polar surface area (TPSA) is 94.0 Å².